The van der Waals surface area contributed by atoms with Crippen LogP contribution in [0.2, 0.25) is 25.1 Å². The Morgan fingerprint density at radius 2 is 0.791 bits per heavy atom. The minimum Gasteiger partial charge on any atom is -0.481 e. The van der Waals surface area contributed by atoms with Gasteiger partial charge in [-0.2, -0.15) is 0 Å². The molecule has 0 amide bonds. The summed E-state index contributed by atoms with van der Waals surface area (Å²) in [6, 6.07) is 9.15. The van der Waals surface area contributed by atoms with Gasteiger partial charge in [0.05, 0.1) is 57.2 Å². The predicted molar refractivity (Wildman–Crippen MR) is 423 cm³/mol. The molecule has 6 aliphatic heterocycles. The number of esters is 3. The third-order valence-corrected chi connectivity index (χ3v) is 23.2. The second-order valence-corrected chi connectivity index (χ2v) is 32.5. The predicted octanol–water partition coefficient (Wildman–Crippen LogP) is 15.8. The molecule has 6 aromatic rings. The Morgan fingerprint density at radius 1 is 0.478 bits per heavy atom. The van der Waals surface area contributed by atoms with E-state index in [0.717, 1.165) is 6.07 Å². The largest absolute Gasteiger partial charge is 0.481 e. The van der Waals surface area contributed by atoms with E-state index in [0.29, 0.717) is 139 Å². The number of carboxylic acids is 3. The smallest absolute Gasteiger partial charge is 0.338 e. The summed E-state index contributed by atoms with van der Waals surface area (Å²) in [5.41, 5.74) is 2.78. The average Bonchev–Trinajstić information content (AvgIpc) is 1.69. The van der Waals surface area contributed by atoms with E-state index in [9.17, 15) is 59.5 Å². The van der Waals surface area contributed by atoms with E-state index < -0.39 is 115 Å². The highest BCUT2D eigenvalue weighted by molar-refractivity contribution is 7.12. The van der Waals surface area contributed by atoms with Crippen molar-refractivity contribution in [2.75, 3.05) is 60.1 Å². The molecule has 3 aromatic carbocycles. The summed E-state index contributed by atoms with van der Waals surface area (Å²) in [4.78, 5) is 104. The molecule has 618 valence electrons. The molecular weight excluding hydrogens is 1680 g/mol. The number of aliphatic imine (C=N–C) groups is 3. The topological polar surface area (TPSA) is 312 Å². The highest BCUT2D eigenvalue weighted by Crippen LogP contribution is 2.45. The maximum Gasteiger partial charge on any atom is 0.338 e. The monoisotopic (exact) mass is 1760 g/mol. The zero-order valence-electron chi connectivity index (χ0n) is 62.0. The van der Waals surface area contributed by atoms with E-state index >= 15 is 0 Å². The minimum atomic E-state index is -2.94. The van der Waals surface area contributed by atoms with E-state index in [1.54, 1.807) is 92.8 Å². The van der Waals surface area contributed by atoms with Gasteiger partial charge in [0.25, 0.3) is 17.8 Å². The standard InChI is InChI=1S/C26H28Cl2F2N4O4S.C25H26Cl2F2N4O4S.C25H26ClF3N4O4S/c1-2-38-25(37)21-19(13-34-14-26(29,30)12-16(34)5-3-4-6-20(35)36)32-23(24-31-9-10-39-24)33-22(21)17-8-7-15(27)11-18(17)28;1-37-24(36)20-18(12-33-13-25(28,29)11-15(33)4-2-3-5-19(34)35)31-22(23-30-8-9-38-23)32-21(20)16-7-6-14(26)10-17(16)27;1-37-24(36)20-18(12-33-13-25(28,29)11-15(33)4-2-3-5-19(34)35)31-22(23-30-8-9-38-23)32-21(20)16-7-6-14(27)10-17(16)26/h7-11,16,22H,2-6,12-14H2,1H3,(H,32,33)(H,35,36);2*6-10,15,21H,2-5,11-13H2,1H3,(H,31,32)(H,34,35)/t16-,22-;2*15-,21-/m000/s1. The number of unbranched alkanes of at least 4 members (excludes halogenated alkanes) is 3. The number of rotatable bonds is 31. The van der Waals surface area contributed by atoms with Crippen molar-refractivity contribution in [1.82, 2.24) is 45.6 Å². The van der Waals surface area contributed by atoms with Crippen LogP contribution in [0.15, 0.2) is 138 Å². The molecule has 0 bridgehead atoms. The van der Waals surface area contributed by atoms with Crippen molar-refractivity contribution in [3.8, 4) is 0 Å². The molecule has 12 rings (SSSR count). The molecule has 0 spiro atoms. The summed E-state index contributed by atoms with van der Waals surface area (Å²) in [7, 11) is 2.44. The van der Waals surface area contributed by atoms with Crippen LogP contribution in [0.4, 0.5) is 30.7 Å². The van der Waals surface area contributed by atoms with Crippen molar-refractivity contribution in [2.45, 2.75) is 157 Å². The number of carboxylic acid groups (broad SMARTS) is 3. The van der Waals surface area contributed by atoms with Crippen LogP contribution in [-0.4, -0.2) is 194 Å². The second kappa shape index (κ2) is 40.3. The number of halogens is 12. The first-order valence-electron chi connectivity index (χ1n) is 36.4. The van der Waals surface area contributed by atoms with E-state index in [1.165, 1.54) is 60.4 Å². The van der Waals surface area contributed by atoms with Crippen molar-refractivity contribution in [3.05, 3.63) is 186 Å². The first kappa shape index (κ1) is 89.2. The third-order valence-electron chi connectivity index (χ3n) is 19.4. The second-order valence-electron chi connectivity index (χ2n) is 27.7. The number of methoxy groups -OCH3 is 2. The lowest BCUT2D eigenvalue weighted by Gasteiger charge is -2.31. The molecule has 0 saturated carbocycles. The number of hydrogen-bond donors (Lipinski definition) is 6. The summed E-state index contributed by atoms with van der Waals surface area (Å²) in [6.45, 7) is 0.214. The van der Waals surface area contributed by atoms with E-state index in [1.807, 2.05) is 0 Å². The van der Waals surface area contributed by atoms with Gasteiger partial charge in [0.2, 0.25) is 0 Å². The molecule has 6 N–H and O–H groups in total. The number of carbonyl (C=O) groups is 6. The fraction of sp³-hybridized carbons (Fsp3) is 0.447. The van der Waals surface area contributed by atoms with Crippen LogP contribution in [0.3, 0.4) is 0 Å². The quantitative estimate of drug-likeness (QED) is 0.0102. The molecule has 9 heterocycles. The van der Waals surface area contributed by atoms with Crippen molar-refractivity contribution in [3.63, 3.8) is 0 Å². The van der Waals surface area contributed by atoms with Crippen LogP contribution < -0.4 is 16.0 Å². The van der Waals surface area contributed by atoms with Crippen LogP contribution in [0.25, 0.3) is 0 Å². The van der Waals surface area contributed by atoms with Crippen molar-refractivity contribution >= 4 is 145 Å². The number of carbonyl (C=O) groups excluding carboxylic acids is 3. The lowest BCUT2D eigenvalue weighted by Crippen LogP contribution is -2.41. The van der Waals surface area contributed by atoms with E-state index in [4.69, 9.17) is 97.5 Å². The Kier molecular flexibility index (Phi) is 31.3. The molecule has 0 radical (unpaired) electrons. The number of ether oxygens (including phenoxy) is 3. The maximum absolute atomic E-state index is 14.6. The average molecular weight is 1760 g/mol. The van der Waals surface area contributed by atoms with E-state index in [2.05, 4.69) is 35.9 Å². The normalized spacial score (nSPS) is 21.2. The molecule has 115 heavy (non-hydrogen) atoms. The van der Waals surface area contributed by atoms with Gasteiger partial charge in [0.1, 0.15) is 23.9 Å². The van der Waals surface area contributed by atoms with Crippen molar-refractivity contribution in [1.29, 1.82) is 0 Å². The van der Waals surface area contributed by atoms with Gasteiger partial charge in [0, 0.05) is 170 Å². The van der Waals surface area contributed by atoms with Crippen LogP contribution in [0.1, 0.15) is 153 Å². The molecular formula is C76H80Cl5F7N12O12S3. The summed E-state index contributed by atoms with van der Waals surface area (Å²) in [5.74, 6) is -13.1. The lowest BCUT2D eigenvalue weighted by molar-refractivity contribution is -0.139. The molecule has 6 atom stereocenters. The van der Waals surface area contributed by atoms with Gasteiger partial charge in [0.15, 0.2) is 32.5 Å². The van der Waals surface area contributed by atoms with Gasteiger partial charge in [-0.1, -0.05) is 95.5 Å². The van der Waals surface area contributed by atoms with Gasteiger partial charge >= 0.3 is 35.8 Å². The van der Waals surface area contributed by atoms with Gasteiger partial charge in [-0.15, -0.1) is 34.0 Å². The SMILES string of the molecule is CCOC(=O)C1=C(CN2CC(F)(F)C[C@@H]2CCCCC(=O)O)NC(c2nccs2)=N[C@H]1c1ccc(Cl)cc1Cl.COC(=O)C1=C(CN2CC(F)(F)C[C@@H]2CCCCC(=O)O)NC(c2nccs2)=N[C@H]1c1ccc(Cl)cc1Cl.COC(=O)C1=C(CN2CC(F)(F)C[C@@H]2CCCCC(=O)O)NC(c2nccs2)=N[C@H]1c1ccc(F)cc1Cl. The summed E-state index contributed by atoms with van der Waals surface area (Å²) in [5, 5.41) is 44.5. The minimum absolute atomic E-state index is 0.000557. The number of aliphatic carboxylic acids is 3. The third kappa shape index (κ3) is 24.0. The van der Waals surface area contributed by atoms with Crippen LogP contribution in [-0.2, 0) is 43.0 Å². The molecule has 24 nitrogen and oxygen atoms in total. The Bertz CT molecular complexity index is 4510. The van der Waals surface area contributed by atoms with Crippen LogP contribution >= 0.6 is 92.0 Å². The fourth-order valence-electron chi connectivity index (χ4n) is 14.4. The Balaban J connectivity index is 0.000000182. The zero-order chi connectivity index (χ0) is 83.1. The first-order chi connectivity index (χ1) is 54.7. The Morgan fingerprint density at radius 3 is 1.07 bits per heavy atom. The Labute approximate surface area is 693 Å². The summed E-state index contributed by atoms with van der Waals surface area (Å²) < 4.78 is 117. The number of thiazole rings is 3. The number of aromatic nitrogens is 3. The Hall–Kier alpha value is -8.16. The number of nitrogens with zero attached hydrogens (tertiary/aromatic N) is 9. The van der Waals surface area contributed by atoms with Crippen LogP contribution in [0, 0.1) is 5.82 Å². The highest BCUT2D eigenvalue weighted by Gasteiger charge is 2.49. The number of amidine groups is 3. The molecule has 6 aliphatic rings. The maximum atomic E-state index is 14.6. The van der Waals surface area contributed by atoms with Gasteiger partial charge < -0.3 is 45.5 Å². The molecule has 3 aromatic heterocycles. The molecule has 39 heteroatoms. The first-order valence-corrected chi connectivity index (χ1v) is 40.9. The van der Waals surface area contributed by atoms with Gasteiger partial charge in [-0.3, -0.25) is 44.1 Å². The van der Waals surface area contributed by atoms with Gasteiger partial charge in [-0.25, -0.2) is 60.1 Å². The van der Waals surface area contributed by atoms with Crippen molar-refractivity contribution < 1.29 is 89.0 Å². The lowest BCUT2D eigenvalue weighted by atomic mass is 9.95. The number of hydrogen-bond acceptors (Lipinski definition) is 24. The zero-order valence-corrected chi connectivity index (χ0v) is 68.2. The number of likely N-dealkylation sites (tertiary alicyclic amines) is 3. The van der Waals surface area contributed by atoms with Crippen molar-refractivity contribution in [2.24, 2.45) is 15.0 Å². The number of alkyl halides is 6. The number of nitrogens with one attached hydrogen (secondary N) is 3. The highest BCUT2D eigenvalue weighted by atomic mass is 35.5. The van der Waals surface area contributed by atoms with Crippen LogP contribution in [0.5, 0.6) is 0 Å². The molecule has 0 unspecified atom stereocenters. The molecule has 3 saturated heterocycles. The summed E-state index contributed by atoms with van der Waals surface area (Å²) >= 11 is 35.6. The molecule has 0 aliphatic carbocycles. The van der Waals surface area contributed by atoms with E-state index in [-0.39, 0.29) is 91.5 Å². The number of benzene rings is 3. The fourth-order valence-corrected chi connectivity index (χ4v) is 17.4. The van der Waals surface area contributed by atoms with Gasteiger partial charge in [-0.05, 0) is 81.8 Å². The summed E-state index contributed by atoms with van der Waals surface area (Å²) in [6.07, 6.45) is 7.52. The molecule has 3 fully saturated rings.